The van der Waals surface area contributed by atoms with Gasteiger partial charge in [-0.2, -0.15) is 5.10 Å². The predicted octanol–water partition coefficient (Wildman–Crippen LogP) is 1.96. The summed E-state index contributed by atoms with van der Waals surface area (Å²) in [4.78, 5) is 14.6. The van der Waals surface area contributed by atoms with Crippen LogP contribution in [0.2, 0.25) is 0 Å². The number of rotatable bonds is 6. The van der Waals surface area contributed by atoms with Crippen molar-refractivity contribution >= 4 is 5.91 Å². The highest BCUT2D eigenvalue weighted by Gasteiger charge is 2.31. The van der Waals surface area contributed by atoms with Gasteiger partial charge in [0.2, 0.25) is 0 Å². The Labute approximate surface area is 141 Å². The molecule has 7 nitrogen and oxygen atoms in total. The number of nitrogens with one attached hydrogen (secondary N) is 1. The molecule has 1 saturated heterocycles. The van der Waals surface area contributed by atoms with Gasteiger partial charge in [0.15, 0.2) is 0 Å². The van der Waals surface area contributed by atoms with Crippen molar-refractivity contribution in [2.75, 3.05) is 6.54 Å². The summed E-state index contributed by atoms with van der Waals surface area (Å²) in [6.07, 6.45) is 8.44. The quantitative estimate of drug-likeness (QED) is 0.879. The maximum absolute atomic E-state index is 12.7. The average molecular weight is 328 g/mol. The van der Waals surface area contributed by atoms with E-state index in [1.54, 1.807) is 0 Å². The van der Waals surface area contributed by atoms with E-state index in [0.717, 1.165) is 56.2 Å². The Hall–Kier alpha value is -2.18. The first kappa shape index (κ1) is 15.4. The number of aryl methyl sites for hydroxylation is 2. The first-order valence-electron chi connectivity index (χ1n) is 8.90. The fraction of sp³-hybridized carbons (Fsp3) is 0.647. The minimum atomic E-state index is 0.0429. The van der Waals surface area contributed by atoms with Gasteiger partial charge in [0.05, 0.1) is 0 Å². The van der Waals surface area contributed by atoms with E-state index in [1.165, 1.54) is 12.8 Å². The molecule has 0 spiro atoms. The Morgan fingerprint density at radius 2 is 2.25 bits per heavy atom. The van der Waals surface area contributed by atoms with E-state index in [0.29, 0.717) is 5.69 Å². The SMILES string of the molecule is Cc1cc(C(=O)N2CCCC2CCc2nncn2CC2CC2)n[nH]1. The number of aromatic nitrogens is 5. The standard InChI is InChI=1S/C17H24N6O/c1-12-9-15(20-19-12)17(24)23-8-2-3-14(23)6-7-16-21-18-11-22(16)10-13-4-5-13/h9,11,13-14H,2-8,10H2,1H3,(H,19,20). The largest absolute Gasteiger partial charge is 0.334 e. The molecule has 0 aromatic carbocycles. The molecular formula is C17H24N6O. The van der Waals surface area contributed by atoms with Crippen LogP contribution in [0.25, 0.3) is 0 Å². The van der Waals surface area contributed by atoms with Crippen LogP contribution in [-0.4, -0.2) is 48.4 Å². The Kier molecular flexibility index (Phi) is 4.08. The van der Waals surface area contributed by atoms with Crippen LogP contribution in [0.3, 0.4) is 0 Å². The first-order chi connectivity index (χ1) is 11.7. The van der Waals surface area contributed by atoms with Gasteiger partial charge in [0.1, 0.15) is 17.8 Å². The monoisotopic (exact) mass is 328 g/mol. The lowest BCUT2D eigenvalue weighted by Crippen LogP contribution is -2.36. The summed E-state index contributed by atoms with van der Waals surface area (Å²) >= 11 is 0. The molecule has 1 unspecified atom stereocenters. The van der Waals surface area contributed by atoms with Gasteiger partial charge in [0, 0.05) is 31.2 Å². The highest BCUT2D eigenvalue weighted by Crippen LogP contribution is 2.31. The number of hydrogen-bond donors (Lipinski definition) is 1. The van der Waals surface area contributed by atoms with Gasteiger partial charge in [-0.15, -0.1) is 10.2 Å². The predicted molar refractivity (Wildman–Crippen MR) is 88.5 cm³/mol. The van der Waals surface area contributed by atoms with Crippen LogP contribution in [0.1, 0.15) is 54.1 Å². The van der Waals surface area contributed by atoms with Crippen molar-refractivity contribution in [1.29, 1.82) is 0 Å². The zero-order valence-corrected chi connectivity index (χ0v) is 14.1. The molecule has 1 N–H and O–H groups in total. The molecule has 24 heavy (non-hydrogen) atoms. The summed E-state index contributed by atoms with van der Waals surface area (Å²) in [5, 5.41) is 15.3. The maximum atomic E-state index is 12.7. The third kappa shape index (κ3) is 3.20. The molecule has 7 heteroatoms. The molecule has 1 atom stereocenters. The maximum Gasteiger partial charge on any atom is 0.274 e. The number of amides is 1. The molecule has 1 amide bonds. The van der Waals surface area contributed by atoms with Crippen LogP contribution in [0.4, 0.5) is 0 Å². The molecule has 1 aliphatic carbocycles. The Balaban J connectivity index is 1.38. The van der Waals surface area contributed by atoms with Gasteiger partial charge in [-0.05, 0) is 51.0 Å². The van der Waals surface area contributed by atoms with E-state index in [9.17, 15) is 4.79 Å². The number of carbonyl (C=O) groups excluding carboxylic acids is 1. The van der Waals surface area contributed by atoms with Crippen molar-refractivity contribution in [1.82, 2.24) is 29.9 Å². The summed E-state index contributed by atoms with van der Waals surface area (Å²) in [6.45, 7) is 3.78. The van der Waals surface area contributed by atoms with E-state index in [-0.39, 0.29) is 11.9 Å². The fourth-order valence-electron chi connectivity index (χ4n) is 3.58. The number of aromatic amines is 1. The van der Waals surface area contributed by atoms with Crippen molar-refractivity contribution in [2.24, 2.45) is 5.92 Å². The van der Waals surface area contributed by atoms with E-state index < -0.39 is 0 Å². The van der Waals surface area contributed by atoms with Crippen molar-refractivity contribution in [3.63, 3.8) is 0 Å². The Bertz CT molecular complexity index is 716. The van der Waals surface area contributed by atoms with Gasteiger partial charge in [-0.25, -0.2) is 0 Å². The van der Waals surface area contributed by atoms with E-state index in [1.807, 2.05) is 24.2 Å². The fourth-order valence-corrected chi connectivity index (χ4v) is 3.58. The van der Waals surface area contributed by atoms with Crippen LogP contribution in [0.15, 0.2) is 12.4 Å². The zero-order chi connectivity index (χ0) is 16.5. The van der Waals surface area contributed by atoms with Crippen molar-refractivity contribution < 1.29 is 4.79 Å². The second kappa shape index (κ2) is 6.37. The van der Waals surface area contributed by atoms with Crippen LogP contribution >= 0.6 is 0 Å². The number of carbonyl (C=O) groups is 1. The van der Waals surface area contributed by atoms with Gasteiger partial charge >= 0.3 is 0 Å². The van der Waals surface area contributed by atoms with Crippen LogP contribution in [0.5, 0.6) is 0 Å². The second-order valence-electron chi connectivity index (χ2n) is 7.11. The lowest BCUT2D eigenvalue weighted by molar-refractivity contribution is 0.0724. The lowest BCUT2D eigenvalue weighted by Gasteiger charge is -2.23. The van der Waals surface area contributed by atoms with Crippen molar-refractivity contribution in [3.8, 4) is 0 Å². The molecule has 0 radical (unpaired) electrons. The van der Waals surface area contributed by atoms with Crippen LogP contribution < -0.4 is 0 Å². The van der Waals surface area contributed by atoms with Gasteiger partial charge < -0.3 is 9.47 Å². The molecule has 1 aliphatic heterocycles. The number of H-pyrrole nitrogens is 1. The Morgan fingerprint density at radius 1 is 1.38 bits per heavy atom. The van der Waals surface area contributed by atoms with Crippen molar-refractivity contribution in [2.45, 2.75) is 58.0 Å². The highest BCUT2D eigenvalue weighted by molar-refractivity contribution is 5.92. The van der Waals surface area contributed by atoms with E-state index >= 15 is 0 Å². The molecule has 1 saturated carbocycles. The molecule has 2 aromatic heterocycles. The van der Waals surface area contributed by atoms with Crippen molar-refractivity contribution in [3.05, 3.63) is 29.6 Å². The Morgan fingerprint density at radius 3 is 3.00 bits per heavy atom. The number of hydrogen-bond acceptors (Lipinski definition) is 4. The average Bonchev–Trinajstić information content (AvgIpc) is 2.97. The first-order valence-corrected chi connectivity index (χ1v) is 8.90. The summed E-state index contributed by atoms with van der Waals surface area (Å²) in [5.41, 5.74) is 1.44. The summed E-state index contributed by atoms with van der Waals surface area (Å²) in [5.74, 6) is 1.91. The molecule has 2 aliphatic rings. The lowest BCUT2D eigenvalue weighted by atomic mass is 10.1. The minimum Gasteiger partial charge on any atom is -0.334 e. The summed E-state index contributed by atoms with van der Waals surface area (Å²) in [6, 6.07) is 2.10. The molecule has 2 fully saturated rings. The van der Waals surface area contributed by atoms with Gasteiger partial charge in [-0.1, -0.05) is 0 Å². The van der Waals surface area contributed by atoms with Gasteiger partial charge in [0.25, 0.3) is 5.91 Å². The number of likely N-dealkylation sites (tertiary alicyclic amines) is 1. The van der Waals surface area contributed by atoms with E-state index in [4.69, 9.17) is 0 Å². The highest BCUT2D eigenvalue weighted by atomic mass is 16.2. The van der Waals surface area contributed by atoms with Crippen LogP contribution in [0, 0.1) is 12.8 Å². The molecule has 4 rings (SSSR count). The smallest absolute Gasteiger partial charge is 0.274 e. The molecule has 3 heterocycles. The molecule has 2 aromatic rings. The topological polar surface area (TPSA) is 79.7 Å². The summed E-state index contributed by atoms with van der Waals surface area (Å²) < 4.78 is 2.19. The zero-order valence-electron chi connectivity index (χ0n) is 14.1. The number of nitrogens with zero attached hydrogens (tertiary/aromatic N) is 5. The third-order valence-corrected chi connectivity index (χ3v) is 5.11. The second-order valence-corrected chi connectivity index (χ2v) is 7.11. The van der Waals surface area contributed by atoms with E-state index in [2.05, 4.69) is 25.0 Å². The summed E-state index contributed by atoms with van der Waals surface area (Å²) in [7, 11) is 0. The third-order valence-electron chi connectivity index (χ3n) is 5.11. The van der Waals surface area contributed by atoms with Crippen LogP contribution in [-0.2, 0) is 13.0 Å². The molecular weight excluding hydrogens is 304 g/mol. The molecule has 0 bridgehead atoms. The molecule has 128 valence electrons. The minimum absolute atomic E-state index is 0.0429. The normalized spacial score (nSPS) is 20.7. The van der Waals surface area contributed by atoms with Gasteiger partial charge in [-0.3, -0.25) is 9.89 Å².